The van der Waals surface area contributed by atoms with E-state index in [1.807, 2.05) is 24.3 Å². The first-order chi connectivity index (χ1) is 10.6. The van der Waals surface area contributed by atoms with Crippen molar-refractivity contribution in [3.8, 4) is 17.0 Å². The fourth-order valence-electron chi connectivity index (χ4n) is 2.58. The van der Waals surface area contributed by atoms with Crippen molar-refractivity contribution >= 4 is 16.9 Å². The summed E-state index contributed by atoms with van der Waals surface area (Å²) in [4.78, 5) is 14.3. The molecule has 0 amide bonds. The number of aromatic amines is 1. The van der Waals surface area contributed by atoms with Crippen molar-refractivity contribution in [2.75, 3.05) is 7.11 Å². The maximum Gasteiger partial charge on any atom is 0.307 e. The number of methoxy groups -OCH3 is 1. The summed E-state index contributed by atoms with van der Waals surface area (Å²) in [7, 11) is 1.57. The van der Waals surface area contributed by atoms with Crippen LogP contribution >= 0.6 is 0 Å². The van der Waals surface area contributed by atoms with Gasteiger partial charge in [0.15, 0.2) is 0 Å². The van der Waals surface area contributed by atoms with Gasteiger partial charge in [-0.25, -0.2) is 4.39 Å². The predicted octanol–water partition coefficient (Wildman–Crippen LogP) is 3.61. The van der Waals surface area contributed by atoms with Gasteiger partial charge in [0, 0.05) is 16.5 Å². The van der Waals surface area contributed by atoms with E-state index in [2.05, 4.69) is 4.98 Å². The lowest BCUT2D eigenvalue weighted by molar-refractivity contribution is -0.136. The van der Waals surface area contributed by atoms with E-state index in [0.29, 0.717) is 27.9 Å². The van der Waals surface area contributed by atoms with Crippen molar-refractivity contribution in [3.05, 3.63) is 53.8 Å². The van der Waals surface area contributed by atoms with Gasteiger partial charge in [0.1, 0.15) is 11.6 Å². The maximum absolute atomic E-state index is 13.5. The molecule has 0 unspecified atom stereocenters. The van der Waals surface area contributed by atoms with E-state index in [1.165, 1.54) is 12.1 Å². The molecule has 0 saturated heterocycles. The Bertz CT molecular complexity index is 854. The van der Waals surface area contributed by atoms with Crippen LogP contribution in [0.4, 0.5) is 4.39 Å². The number of rotatable bonds is 4. The molecular formula is C17H14FNO3. The zero-order chi connectivity index (χ0) is 15.7. The number of fused-ring (bicyclic) bond motifs is 1. The second-order valence-electron chi connectivity index (χ2n) is 4.97. The molecule has 1 heterocycles. The summed E-state index contributed by atoms with van der Waals surface area (Å²) in [6.45, 7) is 0. The minimum Gasteiger partial charge on any atom is -0.497 e. The molecule has 0 fully saturated rings. The second kappa shape index (κ2) is 5.52. The molecule has 22 heavy (non-hydrogen) atoms. The summed E-state index contributed by atoms with van der Waals surface area (Å²) >= 11 is 0. The molecule has 1 aromatic heterocycles. The van der Waals surface area contributed by atoms with Crippen LogP contribution in [0, 0.1) is 5.82 Å². The molecule has 0 radical (unpaired) electrons. The Morgan fingerprint density at radius 1 is 1.27 bits per heavy atom. The lowest BCUT2D eigenvalue weighted by Crippen LogP contribution is -2.01. The van der Waals surface area contributed by atoms with Gasteiger partial charge in [-0.1, -0.05) is 12.1 Å². The standard InChI is InChI=1S/C17H14FNO3/c1-22-12-4-2-3-10(7-12)17-14(9-16(20)21)13-8-11(18)5-6-15(13)19-17/h2-8,19H,9H2,1H3,(H,20,21). The summed E-state index contributed by atoms with van der Waals surface area (Å²) in [5, 5.41) is 9.74. The summed E-state index contributed by atoms with van der Waals surface area (Å²) in [6, 6.07) is 11.6. The third-order valence-corrected chi connectivity index (χ3v) is 3.55. The van der Waals surface area contributed by atoms with Gasteiger partial charge in [0.05, 0.1) is 19.2 Å². The van der Waals surface area contributed by atoms with Crippen molar-refractivity contribution in [2.24, 2.45) is 0 Å². The van der Waals surface area contributed by atoms with E-state index in [-0.39, 0.29) is 6.42 Å². The number of aliphatic carboxylic acids is 1. The van der Waals surface area contributed by atoms with Crippen LogP contribution in [0.5, 0.6) is 5.75 Å². The lowest BCUT2D eigenvalue weighted by atomic mass is 10.0. The topological polar surface area (TPSA) is 62.3 Å². The molecule has 0 aliphatic rings. The summed E-state index contributed by atoms with van der Waals surface area (Å²) in [6.07, 6.45) is -0.185. The molecule has 0 aliphatic carbocycles. The van der Waals surface area contributed by atoms with E-state index in [1.54, 1.807) is 13.2 Å². The van der Waals surface area contributed by atoms with Gasteiger partial charge < -0.3 is 14.8 Å². The minimum absolute atomic E-state index is 0.185. The first kappa shape index (κ1) is 14.1. The molecule has 0 aliphatic heterocycles. The Hall–Kier alpha value is -2.82. The van der Waals surface area contributed by atoms with Gasteiger partial charge in [-0.3, -0.25) is 4.79 Å². The second-order valence-corrected chi connectivity index (χ2v) is 4.97. The highest BCUT2D eigenvalue weighted by Crippen LogP contribution is 2.32. The Kier molecular flexibility index (Phi) is 3.55. The Morgan fingerprint density at radius 3 is 2.82 bits per heavy atom. The highest BCUT2D eigenvalue weighted by molar-refractivity contribution is 5.94. The van der Waals surface area contributed by atoms with Crippen molar-refractivity contribution in [1.29, 1.82) is 0 Å². The third-order valence-electron chi connectivity index (χ3n) is 3.55. The zero-order valence-electron chi connectivity index (χ0n) is 11.9. The molecule has 3 aromatic rings. The zero-order valence-corrected chi connectivity index (χ0v) is 11.9. The molecule has 2 aromatic carbocycles. The first-order valence-electron chi connectivity index (χ1n) is 6.75. The molecule has 112 valence electrons. The average molecular weight is 299 g/mol. The molecule has 2 N–H and O–H groups in total. The van der Waals surface area contributed by atoms with Gasteiger partial charge in [-0.2, -0.15) is 0 Å². The van der Waals surface area contributed by atoms with Crippen LogP contribution < -0.4 is 4.74 Å². The summed E-state index contributed by atoms with van der Waals surface area (Å²) < 4.78 is 18.7. The molecular weight excluding hydrogens is 285 g/mol. The third kappa shape index (κ3) is 2.53. The van der Waals surface area contributed by atoms with Crippen LogP contribution in [0.3, 0.4) is 0 Å². The van der Waals surface area contributed by atoms with Crippen molar-refractivity contribution in [3.63, 3.8) is 0 Å². The van der Waals surface area contributed by atoms with Gasteiger partial charge in [-0.05, 0) is 35.9 Å². The van der Waals surface area contributed by atoms with Crippen LogP contribution in [0.15, 0.2) is 42.5 Å². The molecule has 4 nitrogen and oxygen atoms in total. The largest absolute Gasteiger partial charge is 0.497 e. The van der Waals surface area contributed by atoms with Gasteiger partial charge >= 0.3 is 5.97 Å². The molecule has 0 atom stereocenters. The fourth-order valence-corrected chi connectivity index (χ4v) is 2.58. The van der Waals surface area contributed by atoms with Crippen LogP contribution in [0.1, 0.15) is 5.56 Å². The quantitative estimate of drug-likeness (QED) is 0.773. The summed E-state index contributed by atoms with van der Waals surface area (Å²) in [5.41, 5.74) is 2.74. The molecule has 5 heteroatoms. The van der Waals surface area contributed by atoms with E-state index >= 15 is 0 Å². The normalized spacial score (nSPS) is 10.8. The number of hydrogen-bond donors (Lipinski definition) is 2. The number of carboxylic acids is 1. The highest BCUT2D eigenvalue weighted by atomic mass is 19.1. The van der Waals surface area contributed by atoms with E-state index < -0.39 is 11.8 Å². The Labute approximate surface area is 126 Å². The van der Waals surface area contributed by atoms with E-state index in [9.17, 15) is 9.18 Å². The molecule has 0 bridgehead atoms. The lowest BCUT2D eigenvalue weighted by Gasteiger charge is -2.05. The van der Waals surface area contributed by atoms with Gasteiger partial charge in [0.25, 0.3) is 0 Å². The van der Waals surface area contributed by atoms with Crippen LogP contribution in [-0.4, -0.2) is 23.2 Å². The number of nitrogens with one attached hydrogen (secondary N) is 1. The van der Waals surface area contributed by atoms with E-state index in [0.717, 1.165) is 5.56 Å². The minimum atomic E-state index is -0.964. The Morgan fingerprint density at radius 2 is 2.09 bits per heavy atom. The highest BCUT2D eigenvalue weighted by Gasteiger charge is 2.16. The van der Waals surface area contributed by atoms with Crippen LogP contribution in [-0.2, 0) is 11.2 Å². The van der Waals surface area contributed by atoms with Crippen molar-refractivity contribution < 1.29 is 19.0 Å². The average Bonchev–Trinajstić information content (AvgIpc) is 2.85. The maximum atomic E-state index is 13.5. The van der Waals surface area contributed by atoms with Crippen LogP contribution in [0.25, 0.3) is 22.2 Å². The number of ether oxygens (including phenoxy) is 1. The Balaban J connectivity index is 2.25. The number of H-pyrrole nitrogens is 1. The molecule has 0 saturated carbocycles. The van der Waals surface area contributed by atoms with Crippen molar-refractivity contribution in [1.82, 2.24) is 4.98 Å². The first-order valence-corrected chi connectivity index (χ1v) is 6.75. The molecule has 0 spiro atoms. The number of carbonyl (C=O) groups is 1. The molecule has 3 rings (SSSR count). The van der Waals surface area contributed by atoms with E-state index in [4.69, 9.17) is 9.84 Å². The monoisotopic (exact) mass is 299 g/mol. The van der Waals surface area contributed by atoms with Crippen LogP contribution in [0.2, 0.25) is 0 Å². The van der Waals surface area contributed by atoms with Gasteiger partial charge in [-0.15, -0.1) is 0 Å². The van der Waals surface area contributed by atoms with Gasteiger partial charge in [0.2, 0.25) is 0 Å². The number of aromatic nitrogens is 1. The summed E-state index contributed by atoms with van der Waals surface area (Å²) in [5.74, 6) is -0.687. The smallest absolute Gasteiger partial charge is 0.307 e. The number of benzene rings is 2. The SMILES string of the molecule is COc1cccc(-c2[nH]c3ccc(F)cc3c2CC(=O)O)c1. The fraction of sp³-hybridized carbons (Fsp3) is 0.118. The number of carboxylic acid groups (broad SMARTS) is 1. The number of hydrogen-bond acceptors (Lipinski definition) is 2. The number of halogens is 1. The van der Waals surface area contributed by atoms with Crippen molar-refractivity contribution in [2.45, 2.75) is 6.42 Å². The predicted molar refractivity (Wildman–Crippen MR) is 81.6 cm³/mol.